The number of unbranched alkanes of at least 4 members (excludes halogenated alkanes) is 3. The molecule has 0 unspecified atom stereocenters. The molecule has 104 valence electrons. The maximum Gasteiger partial charge on any atom is 0.338 e. The lowest BCUT2D eigenvalue weighted by molar-refractivity contribution is -0.143. The monoisotopic (exact) mass is 264 g/mol. The molecule has 19 heavy (non-hydrogen) atoms. The molecule has 1 atom stereocenters. The highest BCUT2D eigenvalue weighted by Gasteiger charge is 2.51. The van der Waals surface area contributed by atoms with Crippen LogP contribution in [0.4, 0.5) is 0 Å². The Balaban J connectivity index is 1.48. The third-order valence-electron chi connectivity index (χ3n) is 3.37. The molecule has 1 aliphatic rings. The van der Waals surface area contributed by atoms with E-state index in [1.54, 1.807) is 0 Å². The van der Waals surface area contributed by atoms with Gasteiger partial charge >= 0.3 is 5.97 Å². The van der Waals surface area contributed by atoms with Crippen molar-refractivity contribution in [3.8, 4) is 5.75 Å². The molecular weight excluding hydrogens is 244 g/mol. The molecular formula is C15H20O4. The number of carboxylic acids is 1. The SMILES string of the molecule is O=C(O)[C@@]1(CCCCCCOc2ccccc2)CO1. The summed E-state index contributed by atoms with van der Waals surface area (Å²) >= 11 is 0. The Morgan fingerprint density at radius 1 is 1.21 bits per heavy atom. The predicted octanol–water partition coefficient (Wildman–Crippen LogP) is 2.87. The van der Waals surface area contributed by atoms with Crippen molar-refractivity contribution < 1.29 is 19.4 Å². The van der Waals surface area contributed by atoms with E-state index in [-0.39, 0.29) is 0 Å². The molecule has 0 radical (unpaired) electrons. The minimum absolute atomic E-state index is 0.374. The van der Waals surface area contributed by atoms with Gasteiger partial charge in [-0.1, -0.05) is 31.0 Å². The second-order valence-electron chi connectivity index (χ2n) is 4.91. The number of hydrogen-bond donors (Lipinski definition) is 1. The molecule has 4 heteroatoms. The Kier molecular flexibility index (Phi) is 4.80. The zero-order chi connectivity index (χ0) is 13.6. The van der Waals surface area contributed by atoms with E-state index < -0.39 is 11.6 Å². The van der Waals surface area contributed by atoms with Crippen LogP contribution in [0.2, 0.25) is 0 Å². The van der Waals surface area contributed by atoms with Gasteiger partial charge in [0.2, 0.25) is 0 Å². The summed E-state index contributed by atoms with van der Waals surface area (Å²) in [6.07, 6.45) is 4.61. The van der Waals surface area contributed by atoms with Gasteiger partial charge in [-0.05, 0) is 31.4 Å². The van der Waals surface area contributed by atoms with E-state index >= 15 is 0 Å². The summed E-state index contributed by atoms with van der Waals surface area (Å²) < 4.78 is 10.6. The molecule has 1 aromatic rings. The second-order valence-corrected chi connectivity index (χ2v) is 4.91. The molecule has 0 aliphatic carbocycles. The van der Waals surface area contributed by atoms with Crippen molar-refractivity contribution in [3.63, 3.8) is 0 Å². The standard InChI is InChI=1S/C15H20O4/c16-14(17)15(12-19-15)10-6-1-2-7-11-18-13-8-4-3-5-9-13/h3-5,8-9H,1-2,6-7,10-12H2,(H,16,17)/t15-/m1/s1. The number of carboxylic acid groups (broad SMARTS) is 1. The lowest BCUT2D eigenvalue weighted by Crippen LogP contribution is -2.23. The van der Waals surface area contributed by atoms with Crippen LogP contribution in [0.3, 0.4) is 0 Å². The Labute approximate surface area is 113 Å². The maximum absolute atomic E-state index is 10.9. The van der Waals surface area contributed by atoms with E-state index in [9.17, 15) is 4.79 Å². The van der Waals surface area contributed by atoms with Crippen molar-refractivity contribution in [2.45, 2.75) is 37.7 Å². The second kappa shape index (κ2) is 6.57. The number of ether oxygens (including phenoxy) is 2. The molecule has 0 aromatic heterocycles. The molecule has 0 bridgehead atoms. The van der Waals surface area contributed by atoms with Crippen LogP contribution in [-0.2, 0) is 9.53 Å². The van der Waals surface area contributed by atoms with E-state index in [1.165, 1.54) is 0 Å². The fourth-order valence-corrected chi connectivity index (χ4v) is 2.03. The molecule has 2 rings (SSSR count). The van der Waals surface area contributed by atoms with Crippen LogP contribution in [0.15, 0.2) is 30.3 Å². The van der Waals surface area contributed by atoms with Gasteiger partial charge < -0.3 is 14.6 Å². The first-order valence-electron chi connectivity index (χ1n) is 6.78. The molecule has 1 aliphatic heterocycles. The van der Waals surface area contributed by atoms with Gasteiger partial charge in [0.05, 0.1) is 13.2 Å². The van der Waals surface area contributed by atoms with Crippen molar-refractivity contribution >= 4 is 5.97 Å². The van der Waals surface area contributed by atoms with E-state index in [0.717, 1.165) is 31.4 Å². The topological polar surface area (TPSA) is 59.1 Å². The zero-order valence-electron chi connectivity index (χ0n) is 11.0. The zero-order valence-corrected chi connectivity index (χ0v) is 11.0. The van der Waals surface area contributed by atoms with Crippen molar-refractivity contribution in [3.05, 3.63) is 30.3 Å². The number of benzene rings is 1. The molecule has 1 N–H and O–H groups in total. The minimum atomic E-state index is -0.847. The predicted molar refractivity (Wildman–Crippen MR) is 71.3 cm³/mol. The Morgan fingerprint density at radius 2 is 1.89 bits per heavy atom. The van der Waals surface area contributed by atoms with E-state index in [2.05, 4.69) is 0 Å². The molecule has 1 heterocycles. The van der Waals surface area contributed by atoms with Crippen LogP contribution in [0.1, 0.15) is 32.1 Å². The number of carbonyl (C=O) groups is 1. The summed E-state index contributed by atoms with van der Waals surface area (Å²) in [6.45, 7) is 1.09. The lowest BCUT2D eigenvalue weighted by atomic mass is 10.0. The Bertz CT molecular complexity index is 398. The van der Waals surface area contributed by atoms with E-state index in [0.29, 0.717) is 19.6 Å². The Hall–Kier alpha value is -1.55. The number of aliphatic carboxylic acids is 1. The van der Waals surface area contributed by atoms with Crippen molar-refractivity contribution in [2.75, 3.05) is 13.2 Å². The average Bonchev–Trinajstić information content (AvgIpc) is 3.20. The van der Waals surface area contributed by atoms with Crippen LogP contribution in [0.25, 0.3) is 0 Å². The normalized spacial score (nSPS) is 21.1. The molecule has 0 amide bonds. The third-order valence-corrected chi connectivity index (χ3v) is 3.37. The smallest absolute Gasteiger partial charge is 0.338 e. The number of rotatable bonds is 9. The van der Waals surface area contributed by atoms with Crippen molar-refractivity contribution in [1.29, 1.82) is 0 Å². The van der Waals surface area contributed by atoms with Gasteiger partial charge in [0, 0.05) is 0 Å². The first-order chi connectivity index (χ1) is 9.23. The van der Waals surface area contributed by atoms with Crippen LogP contribution in [0.5, 0.6) is 5.75 Å². The first kappa shape index (κ1) is 13.9. The molecule has 0 spiro atoms. The number of epoxide rings is 1. The van der Waals surface area contributed by atoms with Gasteiger partial charge in [-0.15, -0.1) is 0 Å². The highest BCUT2D eigenvalue weighted by Crippen LogP contribution is 2.33. The highest BCUT2D eigenvalue weighted by molar-refractivity contribution is 5.80. The van der Waals surface area contributed by atoms with Gasteiger partial charge in [0.15, 0.2) is 5.60 Å². The Morgan fingerprint density at radius 3 is 2.53 bits per heavy atom. The van der Waals surface area contributed by atoms with Crippen LogP contribution >= 0.6 is 0 Å². The molecule has 1 fully saturated rings. The summed E-state index contributed by atoms with van der Waals surface area (Å²) in [6, 6.07) is 9.76. The van der Waals surface area contributed by atoms with E-state index in [4.69, 9.17) is 14.6 Å². The maximum atomic E-state index is 10.9. The largest absolute Gasteiger partial charge is 0.494 e. The molecule has 0 saturated carbocycles. The fraction of sp³-hybridized carbons (Fsp3) is 0.533. The van der Waals surface area contributed by atoms with Crippen molar-refractivity contribution in [1.82, 2.24) is 0 Å². The average molecular weight is 264 g/mol. The summed E-state index contributed by atoms with van der Waals surface area (Å²) in [5.41, 5.74) is -0.847. The van der Waals surface area contributed by atoms with Crippen LogP contribution in [-0.4, -0.2) is 29.9 Å². The summed E-state index contributed by atoms with van der Waals surface area (Å²) in [5.74, 6) is 0.0821. The summed E-state index contributed by atoms with van der Waals surface area (Å²) in [4.78, 5) is 10.9. The molecule has 4 nitrogen and oxygen atoms in total. The lowest BCUT2D eigenvalue weighted by Gasteiger charge is -2.07. The van der Waals surface area contributed by atoms with Crippen LogP contribution in [0, 0.1) is 0 Å². The molecule has 1 saturated heterocycles. The first-order valence-corrected chi connectivity index (χ1v) is 6.78. The van der Waals surface area contributed by atoms with Gasteiger partial charge in [0.25, 0.3) is 0 Å². The van der Waals surface area contributed by atoms with Gasteiger partial charge in [-0.3, -0.25) is 0 Å². The highest BCUT2D eigenvalue weighted by atomic mass is 16.6. The fourth-order valence-electron chi connectivity index (χ4n) is 2.03. The van der Waals surface area contributed by atoms with Gasteiger partial charge in [-0.2, -0.15) is 0 Å². The minimum Gasteiger partial charge on any atom is -0.494 e. The summed E-state index contributed by atoms with van der Waals surface area (Å²) in [7, 11) is 0. The summed E-state index contributed by atoms with van der Waals surface area (Å²) in [5, 5.41) is 8.93. The van der Waals surface area contributed by atoms with Gasteiger partial charge in [-0.25, -0.2) is 4.79 Å². The number of hydrogen-bond acceptors (Lipinski definition) is 3. The van der Waals surface area contributed by atoms with E-state index in [1.807, 2.05) is 30.3 Å². The van der Waals surface area contributed by atoms with Crippen LogP contribution < -0.4 is 4.74 Å². The quantitative estimate of drug-likeness (QED) is 0.550. The third kappa shape index (κ3) is 4.24. The molecule has 1 aromatic carbocycles. The van der Waals surface area contributed by atoms with Crippen molar-refractivity contribution in [2.24, 2.45) is 0 Å². The van der Waals surface area contributed by atoms with Gasteiger partial charge in [0.1, 0.15) is 5.75 Å². The number of para-hydroxylation sites is 1.